The van der Waals surface area contributed by atoms with Crippen molar-refractivity contribution in [1.82, 2.24) is 0 Å². The lowest BCUT2D eigenvalue weighted by atomic mass is 9.99. The van der Waals surface area contributed by atoms with Crippen LogP contribution in [0.15, 0.2) is 67.0 Å². The molecule has 3 aromatic rings. The Labute approximate surface area is 228 Å². The molecular weight excluding hydrogens is 609 g/mol. The monoisotopic (exact) mass is 632 g/mol. The van der Waals surface area contributed by atoms with Crippen molar-refractivity contribution in [3.8, 4) is 0 Å². The van der Waals surface area contributed by atoms with Gasteiger partial charge in [-0.2, -0.15) is 22.3 Å². The SMILES string of the molecule is FC(F)(F)c1c(C[n+]2ccccc2C2OCCO2)cccc1C[n+]1ccccc1C1OCCO1.[Br-].[Br-]. The highest BCUT2D eigenvalue weighted by atomic mass is 79.9. The molecule has 2 aliphatic rings. The topological polar surface area (TPSA) is 44.7 Å². The Bertz CT molecular complexity index is 1070. The van der Waals surface area contributed by atoms with Crippen LogP contribution in [0.25, 0.3) is 0 Å². The molecule has 2 aliphatic heterocycles. The molecular formula is C25H25Br2F3N2O4. The third kappa shape index (κ3) is 6.32. The fraction of sp³-hybridized carbons (Fsp3) is 0.360. The first kappa shape index (κ1) is 28.7. The van der Waals surface area contributed by atoms with Gasteiger partial charge in [-0.15, -0.1) is 0 Å². The van der Waals surface area contributed by atoms with Gasteiger partial charge in [0.2, 0.25) is 24.0 Å². The highest BCUT2D eigenvalue weighted by Gasteiger charge is 2.39. The van der Waals surface area contributed by atoms with E-state index in [-0.39, 0.29) is 58.2 Å². The number of halogens is 5. The predicted molar refractivity (Wildman–Crippen MR) is 112 cm³/mol. The number of benzene rings is 1. The van der Waals surface area contributed by atoms with Crippen molar-refractivity contribution in [2.45, 2.75) is 31.8 Å². The minimum atomic E-state index is -4.53. The van der Waals surface area contributed by atoms with Gasteiger partial charge < -0.3 is 52.9 Å². The standard InChI is InChI=1S/C25H25F3N2O4.2BrH/c26-25(27,28)22-18(16-29-10-3-1-8-20(29)23-31-12-13-32-23)6-5-7-19(22)17-30-11-4-2-9-21(30)24-33-14-15-34-24;;/h1-11,23-24H,12-17H2;2*1H/q+2;;/p-2. The minimum Gasteiger partial charge on any atom is -1.00 e. The molecule has 11 heteroatoms. The molecule has 0 atom stereocenters. The Hall–Kier alpha value is -1.89. The normalized spacial score (nSPS) is 16.5. The first-order valence-corrected chi connectivity index (χ1v) is 11.1. The number of pyridine rings is 2. The van der Waals surface area contributed by atoms with E-state index in [4.69, 9.17) is 18.9 Å². The van der Waals surface area contributed by atoms with Gasteiger partial charge in [0.1, 0.15) is 0 Å². The van der Waals surface area contributed by atoms with E-state index in [1.54, 1.807) is 51.9 Å². The van der Waals surface area contributed by atoms with Crippen LogP contribution in [0, 0.1) is 0 Å². The summed E-state index contributed by atoms with van der Waals surface area (Å²) in [5.41, 5.74) is 1.06. The van der Waals surface area contributed by atoms with Gasteiger partial charge >= 0.3 is 6.18 Å². The maximum atomic E-state index is 14.4. The molecule has 0 aliphatic carbocycles. The maximum Gasteiger partial charge on any atom is 0.417 e. The second-order valence-corrected chi connectivity index (χ2v) is 8.10. The van der Waals surface area contributed by atoms with Crippen LogP contribution in [0.2, 0.25) is 0 Å². The van der Waals surface area contributed by atoms with E-state index in [1.807, 2.05) is 12.1 Å². The van der Waals surface area contributed by atoms with Crippen LogP contribution in [0.5, 0.6) is 0 Å². The Morgan fingerprint density at radius 3 is 1.44 bits per heavy atom. The van der Waals surface area contributed by atoms with Crippen LogP contribution >= 0.6 is 0 Å². The smallest absolute Gasteiger partial charge is 0.417 e. The summed E-state index contributed by atoms with van der Waals surface area (Å²) >= 11 is 0. The molecule has 36 heavy (non-hydrogen) atoms. The Morgan fingerprint density at radius 1 is 0.639 bits per heavy atom. The molecule has 4 heterocycles. The fourth-order valence-corrected chi connectivity index (χ4v) is 4.40. The molecule has 0 amide bonds. The van der Waals surface area contributed by atoms with E-state index in [2.05, 4.69) is 0 Å². The molecule has 2 aromatic heterocycles. The summed E-state index contributed by atoms with van der Waals surface area (Å²) in [7, 11) is 0. The number of aromatic nitrogens is 2. The summed E-state index contributed by atoms with van der Waals surface area (Å²) in [4.78, 5) is 0. The van der Waals surface area contributed by atoms with Gasteiger partial charge in [-0.05, 0) is 12.1 Å². The highest BCUT2D eigenvalue weighted by molar-refractivity contribution is 5.37. The molecule has 0 N–H and O–H groups in total. The molecule has 194 valence electrons. The van der Waals surface area contributed by atoms with E-state index in [9.17, 15) is 13.2 Å². The summed E-state index contributed by atoms with van der Waals surface area (Å²) in [5.74, 6) is 0. The van der Waals surface area contributed by atoms with Crippen molar-refractivity contribution in [1.29, 1.82) is 0 Å². The largest absolute Gasteiger partial charge is 1.00 e. The fourth-order valence-electron chi connectivity index (χ4n) is 4.40. The lowest BCUT2D eigenvalue weighted by Gasteiger charge is -2.17. The lowest BCUT2D eigenvalue weighted by molar-refractivity contribution is -0.703. The first-order chi connectivity index (χ1) is 16.5. The third-order valence-electron chi connectivity index (χ3n) is 5.88. The molecule has 2 fully saturated rings. The zero-order chi connectivity index (χ0) is 23.5. The molecule has 0 saturated carbocycles. The van der Waals surface area contributed by atoms with Crippen LogP contribution in [0.4, 0.5) is 13.2 Å². The van der Waals surface area contributed by atoms with Crippen molar-refractivity contribution in [3.05, 3.63) is 95.1 Å². The van der Waals surface area contributed by atoms with Gasteiger partial charge in [-0.3, -0.25) is 0 Å². The molecule has 5 rings (SSSR count). The average molecular weight is 634 g/mol. The van der Waals surface area contributed by atoms with E-state index in [0.29, 0.717) is 37.8 Å². The van der Waals surface area contributed by atoms with Crippen LogP contribution in [-0.2, 0) is 38.2 Å². The Balaban J connectivity index is 0.00000180. The summed E-state index contributed by atoms with van der Waals surface area (Å²) in [5, 5.41) is 0. The van der Waals surface area contributed by atoms with E-state index >= 15 is 0 Å². The summed E-state index contributed by atoms with van der Waals surface area (Å²) in [6, 6.07) is 15.5. The lowest BCUT2D eigenvalue weighted by Crippen LogP contribution is -3.00. The van der Waals surface area contributed by atoms with Gasteiger partial charge in [-0.25, -0.2) is 0 Å². The molecule has 2 saturated heterocycles. The number of alkyl halides is 3. The quantitative estimate of drug-likeness (QED) is 0.281. The molecule has 0 spiro atoms. The van der Waals surface area contributed by atoms with Crippen LogP contribution in [-0.4, -0.2) is 26.4 Å². The molecule has 1 aromatic carbocycles. The van der Waals surface area contributed by atoms with E-state index in [1.165, 1.54) is 12.1 Å². The van der Waals surface area contributed by atoms with Crippen molar-refractivity contribution < 1.29 is 75.2 Å². The van der Waals surface area contributed by atoms with Crippen molar-refractivity contribution >= 4 is 0 Å². The molecule has 0 bridgehead atoms. The zero-order valence-electron chi connectivity index (χ0n) is 19.2. The number of nitrogens with zero attached hydrogens (tertiary/aromatic N) is 2. The van der Waals surface area contributed by atoms with Gasteiger partial charge in [0, 0.05) is 35.4 Å². The van der Waals surface area contributed by atoms with Gasteiger partial charge in [-0.1, -0.05) is 18.2 Å². The minimum absolute atomic E-state index is 0. The van der Waals surface area contributed by atoms with Gasteiger partial charge in [0.05, 0.1) is 32.0 Å². The van der Waals surface area contributed by atoms with Crippen molar-refractivity contribution in [3.63, 3.8) is 0 Å². The second-order valence-electron chi connectivity index (χ2n) is 8.10. The van der Waals surface area contributed by atoms with E-state index in [0.717, 1.165) is 0 Å². The third-order valence-corrected chi connectivity index (χ3v) is 5.88. The van der Waals surface area contributed by atoms with Crippen molar-refractivity contribution in [2.24, 2.45) is 0 Å². The van der Waals surface area contributed by atoms with Crippen LogP contribution < -0.4 is 43.1 Å². The van der Waals surface area contributed by atoms with E-state index < -0.39 is 24.3 Å². The summed E-state index contributed by atoms with van der Waals surface area (Å²) in [6.45, 7) is 1.87. The first-order valence-electron chi connectivity index (χ1n) is 11.1. The predicted octanol–water partition coefficient (Wildman–Crippen LogP) is -2.52. The van der Waals surface area contributed by atoms with Crippen LogP contribution in [0.1, 0.15) is 40.7 Å². The molecule has 0 radical (unpaired) electrons. The Kier molecular flexibility index (Phi) is 10.0. The number of hydrogen-bond donors (Lipinski definition) is 0. The van der Waals surface area contributed by atoms with Crippen LogP contribution in [0.3, 0.4) is 0 Å². The van der Waals surface area contributed by atoms with Crippen molar-refractivity contribution in [2.75, 3.05) is 26.4 Å². The average Bonchev–Trinajstić information content (AvgIpc) is 3.54. The highest BCUT2D eigenvalue weighted by Crippen LogP contribution is 2.35. The zero-order valence-corrected chi connectivity index (χ0v) is 22.3. The number of rotatable bonds is 6. The molecule has 6 nitrogen and oxygen atoms in total. The summed E-state index contributed by atoms with van der Waals surface area (Å²) in [6.07, 6.45) is -2.23. The number of hydrogen-bond acceptors (Lipinski definition) is 4. The number of ether oxygens (including phenoxy) is 4. The maximum absolute atomic E-state index is 14.4. The van der Waals surface area contributed by atoms with Gasteiger partial charge in [0.25, 0.3) is 0 Å². The Morgan fingerprint density at radius 2 is 1.06 bits per heavy atom. The molecule has 0 unspecified atom stereocenters. The summed E-state index contributed by atoms with van der Waals surface area (Å²) < 4.78 is 69.0. The second kappa shape index (κ2) is 12.6. The van der Waals surface area contributed by atoms with Gasteiger partial charge in [0.15, 0.2) is 25.5 Å².